The van der Waals surface area contributed by atoms with Crippen LogP contribution < -0.4 is 0 Å². The van der Waals surface area contributed by atoms with E-state index in [-0.39, 0.29) is 23.9 Å². The molecule has 2 rings (SSSR count). The fourth-order valence-electron chi connectivity index (χ4n) is 1.59. The summed E-state index contributed by atoms with van der Waals surface area (Å²) in [4.78, 5) is 4.27. The standard InChI is InChI=1S/C10H11NO2.ClH/c1-6-8-5-10(13)9(12)4-7(8)2-3-11-6;/h4-5,12-13H,2-3H2,1H3;1H. The Kier molecular flexibility index (Phi) is 3.01. The Morgan fingerprint density at radius 3 is 2.57 bits per heavy atom. The first-order valence-electron chi connectivity index (χ1n) is 4.25. The third-order valence-electron chi connectivity index (χ3n) is 2.32. The first-order valence-corrected chi connectivity index (χ1v) is 4.25. The lowest BCUT2D eigenvalue weighted by atomic mass is 9.98. The van der Waals surface area contributed by atoms with Gasteiger partial charge in [0.2, 0.25) is 0 Å². The molecule has 0 bridgehead atoms. The van der Waals surface area contributed by atoms with Gasteiger partial charge >= 0.3 is 0 Å². The molecule has 0 saturated heterocycles. The highest BCUT2D eigenvalue weighted by molar-refractivity contribution is 6.01. The molecule has 2 N–H and O–H groups in total. The fraction of sp³-hybridized carbons (Fsp3) is 0.300. The fourth-order valence-corrected chi connectivity index (χ4v) is 1.59. The molecule has 0 spiro atoms. The Bertz CT molecular complexity index is 388. The van der Waals surface area contributed by atoms with E-state index < -0.39 is 0 Å². The van der Waals surface area contributed by atoms with Crippen LogP contribution >= 0.6 is 12.4 Å². The second kappa shape index (κ2) is 3.88. The topological polar surface area (TPSA) is 52.8 Å². The molecule has 0 unspecified atom stereocenters. The SMILES string of the molecule is CC1=NCCc2cc(O)c(O)cc21.Cl. The summed E-state index contributed by atoms with van der Waals surface area (Å²) in [6, 6.07) is 3.19. The zero-order valence-electron chi connectivity index (χ0n) is 7.82. The number of benzene rings is 1. The minimum absolute atomic E-state index is 0. The average Bonchev–Trinajstić information content (AvgIpc) is 2.09. The van der Waals surface area contributed by atoms with Gasteiger partial charge in [-0.2, -0.15) is 0 Å². The van der Waals surface area contributed by atoms with Gasteiger partial charge < -0.3 is 10.2 Å². The maximum absolute atomic E-state index is 9.29. The molecule has 0 saturated carbocycles. The van der Waals surface area contributed by atoms with Gasteiger partial charge in [-0.3, -0.25) is 4.99 Å². The summed E-state index contributed by atoms with van der Waals surface area (Å²) in [6.07, 6.45) is 0.834. The van der Waals surface area contributed by atoms with Crippen LogP contribution in [0.15, 0.2) is 17.1 Å². The number of phenolic OH excluding ortho intramolecular Hbond substituents is 2. The summed E-state index contributed by atoms with van der Waals surface area (Å²) in [6.45, 7) is 2.68. The van der Waals surface area contributed by atoms with Crippen LogP contribution in [0.4, 0.5) is 0 Å². The molecule has 0 fully saturated rings. The minimum Gasteiger partial charge on any atom is -0.504 e. The average molecular weight is 214 g/mol. The van der Waals surface area contributed by atoms with E-state index >= 15 is 0 Å². The monoisotopic (exact) mass is 213 g/mol. The number of nitrogens with zero attached hydrogens (tertiary/aromatic N) is 1. The van der Waals surface area contributed by atoms with Crippen molar-refractivity contribution in [3.63, 3.8) is 0 Å². The van der Waals surface area contributed by atoms with E-state index in [1.807, 2.05) is 6.92 Å². The second-order valence-corrected chi connectivity index (χ2v) is 3.22. The molecular weight excluding hydrogens is 202 g/mol. The van der Waals surface area contributed by atoms with Gasteiger partial charge in [0.25, 0.3) is 0 Å². The molecule has 1 heterocycles. The van der Waals surface area contributed by atoms with Gasteiger partial charge in [0.05, 0.1) is 0 Å². The largest absolute Gasteiger partial charge is 0.504 e. The highest BCUT2D eigenvalue weighted by atomic mass is 35.5. The molecule has 1 aliphatic rings. The van der Waals surface area contributed by atoms with Crippen LogP contribution in [-0.2, 0) is 6.42 Å². The lowest BCUT2D eigenvalue weighted by Crippen LogP contribution is -2.09. The van der Waals surface area contributed by atoms with Gasteiger partial charge in [0, 0.05) is 17.8 Å². The Morgan fingerprint density at radius 1 is 1.21 bits per heavy atom. The van der Waals surface area contributed by atoms with Crippen molar-refractivity contribution < 1.29 is 10.2 Å². The summed E-state index contributed by atoms with van der Waals surface area (Å²) in [5.41, 5.74) is 2.93. The zero-order valence-corrected chi connectivity index (χ0v) is 8.64. The van der Waals surface area contributed by atoms with Crippen LogP contribution in [0.2, 0.25) is 0 Å². The van der Waals surface area contributed by atoms with E-state index in [9.17, 15) is 10.2 Å². The number of fused-ring (bicyclic) bond motifs is 1. The van der Waals surface area contributed by atoms with Crippen molar-refractivity contribution in [2.45, 2.75) is 13.3 Å². The molecule has 3 nitrogen and oxygen atoms in total. The smallest absolute Gasteiger partial charge is 0.158 e. The quantitative estimate of drug-likeness (QED) is 0.647. The molecular formula is C10H12ClNO2. The molecule has 1 aliphatic heterocycles. The number of hydrogen-bond acceptors (Lipinski definition) is 3. The van der Waals surface area contributed by atoms with Crippen LogP contribution in [0, 0.1) is 0 Å². The molecule has 0 aliphatic carbocycles. The Labute approximate surface area is 88.5 Å². The number of halogens is 1. The van der Waals surface area contributed by atoms with Crippen LogP contribution in [0.3, 0.4) is 0 Å². The Morgan fingerprint density at radius 2 is 1.86 bits per heavy atom. The van der Waals surface area contributed by atoms with Gasteiger partial charge in [0.1, 0.15) is 0 Å². The van der Waals surface area contributed by atoms with E-state index in [4.69, 9.17) is 0 Å². The van der Waals surface area contributed by atoms with E-state index in [2.05, 4.69) is 4.99 Å². The Balaban J connectivity index is 0.000000980. The molecule has 4 heteroatoms. The summed E-state index contributed by atoms with van der Waals surface area (Å²) in [5.74, 6) is -0.122. The third kappa shape index (κ3) is 1.68. The molecule has 0 amide bonds. The van der Waals surface area contributed by atoms with E-state index in [0.717, 1.165) is 29.8 Å². The molecule has 0 atom stereocenters. The van der Waals surface area contributed by atoms with E-state index in [1.54, 1.807) is 12.1 Å². The van der Waals surface area contributed by atoms with Gasteiger partial charge in [-0.25, -0.2) is 0 Å². The molecule has 14 heavy (non-hydrogen) atoms. The van der Waals surface area contributed by atoms with Gasteiger partial charge in [-0.05, 0) is 31.0 Å². The van der Waals surface area contributed by atoms with Crippen molar-refractivity contribution >= 4 is 18.1 Å². The normalized spacial score (nSPS) is 13.9. The van der Waals surface area contributed by atoms with Crippen molar-refractivity contribution in [3.8, 4) is 11.5 Å². The predicted molar refractivity (Wildman–Crippen MR) is 57.8 cm³/mol. The number of aliphatic imine (C=N–C) groups is 1. The lowest BCUT2D eigenvalue weighted by molar-refractivity contribution is 0.403. The van der Waals surface area contributed by atoms with Crippen LogP contribution in [0.25, 0.3) is 0 Å². The van der Waals surface area contributed by atoms with Crippen LogP contribution in [0.1, 0.15) is 18.1 Å². The Hall–Kier alpha value is -1.22. The summed E-state index contributed by atoms with van der Waals surface area (Å²) in [7, 11) is 0. The summed E-state index contributed by atoms with van der Waals surface area (Å²) >= 11 is 0. The number of aromatic hydroxyl groups is 2. The van der Waals surface area contributed by atoms with E-state index in [1.165, 1.54) is 0 Å². The van der Waals surface area contributed by atoms with Crippen molar-refractivity contribution in [2.75, 3.05) is 6.54 Å². The van der Waals surface area contributed by atoms with Crippen molar-refractivity contribution in [2.24, 2.45) is 4.99 Å². The highest BCUT2D eigenvalue weighted by Gasteiger charge is 2.13. The van der Waals surface area contributed by atoms with Crippen LogP contribution in [-0.4, -0.2) is 22.5 Å². The maximum Gasteiger partial charge on any atom is 0.158 e. The molecule has 1 aromatic rings. The predicted octanol–water partition coefficient (Wildman–Crippen LogP) is 1.88. The first kappa shape index (κ1) is 10.9. The first-order chi connectivity index (χ1) is 6.18. The number of phenols is 2. The minimum atomic E-state index is -0.0739. The summed E-state index contributed by atoms with van der Waals surface area (Å²) < 4.78 is 0. The van der Waals surface area contributed by atoms with Crippen molar-refractivity contribution in [3.05, 3.63) is 23.3 Å². The van der Waals surface area contributed by atoms with E-state index in [0.29, 0.717) is 0 Å². The number of rotatable bonds is 0. The van der Waals surface area contributed by atoms with Crippen molar-refractivity contribution in [1.29, 1.82) is 0 Å². The summed E-state index contributed by atoms with van der Waals surface area (Å²) in [5, 5.41) is 18.6. The molecule has 0 radical (unpaired) electrons. The third-order valence-corrected chi connectivity index (χ3v) is 2.32. The number of hydrogen-bond donors (Lipinski definition) is 2. The lowest BCUT2D eigenvalue weighted by Gasteiger charge is -2.14. The highest BCUT2D eigenvalue weighted by Crippen LogP contribution is 2.30. The molecule has 76 valence electrons. The van der Waals surface area contributed by atoms with Crippen LogP contribution in [0.5, 0.6) is 11.5 Å². The molecule has 1 aromatic carbocycles. The van der Waals surface area contributed by atoms with Gasteiger partial charge in [0.15, 0.2) is 11.5 Å². The van der Waals surface area contributed by atoms with Gasteiger partial charge in [-0.15, -0.1) is 12.4 Å². The molecule has 0 aromatic heterocycles. The zero-order chi connectivity index (χ0) is 9.42. The van der Waals surface area contributed by atoms with Crippen molar-refractivity contribution in [1.82, 2.24) is 0 Å². The maximum atomic E-state index is 9.29. The van der Waals surface area contributed by atoms with Gasteiger partial charge in [-0.1, -0.05) is 0 Å². The second-order valence-electron chi connectivity index (χ2n) is 3.22.